The standard InChI is InChI=1S/C33H45N5O5S/c1-23-10-11-26(35-16-18-36(19-17-35)32(40)43-33(4,5)6)20-29(23)34-31(39)25(3)38-22-24(2)28-21-27(12-13-30(28)38)44(41,42)37-14-8-7-9-15-37/h10-13,20-22,25H,7-9,14-19H2,1-6H3,(H,34,39). The highest BCUT2D eigenvalue weighted by molar-refractivity contribution is 7.89. The first-order valence-electron chi connectivity index (χ1n) is 15.5. The topological polar surface area (TPSA) is 104 Å². The van der Waals surface area contributed by atoms with Gasteiger partial charge in [-0.2, -0.15) is 4.31 Å². The number of aryl methyl sites for hydroxylation is 2. The summed E-state index contributed by atoms with van der Waals surface area (Å²) in [6.45, 7) is 14.9. The second-order valence-electron chi connectivity index (χ2n) is 13.0. The number of aromatic nitrogens is 1. The Morgan fingerprint density at radius 1 is 0.886 bits per heavy atom. The molecule has 1 N–H and O–H groups in total. The number of sulfonamides is 1. The number of rotatable bonds is 6. The van der Waals surface area contributed by atoms with E-state index < -0.39 is 21.7 Å². The molecule has 5 rings (SSSR count). The smallest absolute Gasteiger partial charge is 0.410 e. The lowest BCUT2D eigenvalue weighted by Gasteiger charge is -2.37. The molecule has 3 aromatic rings. The third kappa shape index (κ3) is 6.73. The van der Waals surface area contributed by atoms with Gasteiger partial charge >= 0.3 is 6.09 Å². The lowest BCUT2D eigenvalue weighted by molar-refractivity contribution is -0.118. The van der Waals surface area contributed by atoms with Gasteiger partial charge in [0.1, 0.15) is 11.6 Å². The monoisotopic (exact) mass is 623 g/mol. The number of benzene rings is 2. The van der Waals surface area contributed by atoms with Crippen molar-refractivity contribution in [2.24, 2.45) is 0 Å². The van der Waals surface area contributed by atoms with Gasteiger partial charge in [0.15, 0.2) is 0 Å². The molecule has 2 saturated heterocycles. The Morgan fingerprint density at radius 2 is 1.57 bits per heavy atom. The van der Waals surface area contributed by atoms with Gasteiger partial charge in [-0.05, 0) is 95.8 Å². The minimum Gasteiger partial charge on any atom is -0.444 e. The Bertz CT molecular complexity index is 1640. The van der Waals surface area contributed by atoms with E-state index in [9.17, 15) is 18.0 Å². The van der Waals surface area contributed by atoms with Crippen molar-refractivity contribution in [3.63, 3.8) is 0 Å². The average molecular weight is 624 g/mol. The number of piperidine rings is 1. The van der Waals surface area contributed by atoms with Crippen LogP contribution in [0.15, 0.2) is 47.5 Å². The number of hydrogen-bond donors (Lipinski definition) is 1. The third-order valence-electron chi connectivity index (χ3n) is 8.53. The van der Waals surface area contributed by atoms with Crippen molar-refractivity contribution in [1.82, 2.24) is 13.8 Å². The number of anilines is 2. The lowest BCUT2D eigenvalue weighted by Crippen LogP contribution is -2.50. The number of ether oxygens (including phenoxy) is 1. The molecule has 0 saturated carbocycles. The summed E-state index contributed by atoms with van der Waals surface area (Å²) >= 11 is 0. The summed E-state index contributed by atoms with van der Waals surface area (Å²) in [4.78, 5) is 30.3. The van der Waals surface area contributed by atoms with Crippen LogP contribution in [0.3, 0.4) is 0 Å². The Morgan fingerprint density at radius 3 is 2.23 bits per heavy atom. The Balaban J connectivity index is 1.29. The van der Waals surface area contributed by atoms with Gasteiger partial charge in [-0.3, -0.25) is 4.79 Å². The second kappa shape index (κ2) is 12.4. The van der Waals surface area contributed by atoms with Gasteiger partial charge < -0.3 is 24.4 Å². The molecule has 2 aliphatic rings. The van der Waals surface area contributed by atoms with Gasteiger partial charge in [0, 0.05) is 67.7 Å². The van der Waals surface area contributed by atoms with E-state index in [2.05, 4.69) is 10.2 Å². The van der Waals surface area contributed by atoms with E-state index in [1.165, 1.54) is 0 Å². The molecule has 11 heteroatoms. The molecule has 1 unspecified atom stereocenters. The van der Waals surface area contributed by atoms with Crippen molar-refractivity contribution >= 4 is 44.3 Å². The fraction of sp³-hybridized carbons (Fsp3) is 0.515. The number of piperazine rings is 1. The molecule has 1 aromatic heterocycles. The molecular weight excluding hydrogens is 578 g/mol. The first kappa shape index (κ1) is 31.8. The highest BCUT2D eigenvalue weighted by atomic mass is 32.2. The largest absolute Gasteiger partial charge is 0.444 e. The molecule has 3 heterocycles. The van der Waals surface area contributed by atoms with Crippen molar-refractivity contribution in [3.8, 4) is 0 Å². The molecule has 2 aliphatic heterocycles. The van der Waals surface area contributed by atoms with E-state index in [0.717, 1.165) is 52.7 Å². The van der Waals surface area contributed by atoms with Crippen molar-refractivity contribution in [1.29, 1.82) is 0 Å². The van der Waals surface area contributed by atoms with Gasteiger partial charge in [-0.1, -0.05) is 12.5 Å². The van der Waals surface area contributed by atoms with Crippen molar-refractivity contribution in [3.05, 3.63) is 53.7 Å². The van der Waals surface area contributed by atoms with Crippen LogP contribution in [0.1, 0.15) is 64.1 Å². The molecule has 0 radical (unpaired) electrons. The van der Waals surface area contributed by atoms with Crippen LogP contribution >= 0.6 is 0 Å². The zero-order chi connectivity index (χ0) is 31.8. The van der Waals surface area contributed by atoms with Crippen LogP contribution in [0.4, 0.5) is 16.2 Å². The second-order valence-corrected chi connectivity index (χ2v) is 14.9. The highest BCUT2D eigenvalue weighted by Crippen LogP contribution is 2.31. The van der Waals surface area contributed by atoms with Gasteiger partial charge in [0.25, 0.3) is 0 Å². The van der Waals surface area contributed by atoms with E-state index in [0.29, 0.717) is 44.2 Å². The number of nitrogens with zero attached hydrogens (tertiary/aromatic N) is 4. The molecule has 2 amide bonds. The summed E-state index contributed by atoms with van der Waals surface area (Å²) < 4.78 is 35.6. The zero-order valence-corrected chi connectivity index (χ0v) is 27.5. The zero-order valence-electron chi connectivity index (χ0n) is 26.7. The van der Waals surface area contributed by atoms with Crippen LogP contribution in [0.2, 0.25) is 0 Å². The predicted molar refractivity (Wildman–Crippen MR) is 174 cm³/mol. The quantitative estimate of drug-likeness (QED) is 0.379. The van der Waals surface area contributed by atoms with Crippen LogP contribution in [0.25, 0.3) is 10.9 Å². The lowest BCUT2D eigenvalue weighted by atomic mass is 10.1. The van der Waals surface area contributed by atoms with E-state index in [4.69, 9.17) is 4.74 Å². The predicted octanol–water partition coefficient (Wildman–Crippen LogP) is 5.69. The van der Waals surface area contributed by atoms with Crippen LogP contribution in [-0.4, -0.2) is 79.1 Å². The summed E-state index contributed by atoms with van der Waals surface area (Å²) in [6, 6.07) is 10.7. The highest BCUT2D eigenvalue weighted by Gasteiger charge is 2.28. The molecular formula is C33H45N5O5S. The molecule has 2 fully saturated rings. The van der Waals surface area contributed by atoms with Crippen molar-refractivity contribution < 1.29 is 22.7 Å². The molecule has 10 nitrogen and oxygen atoms in total. The maximum atomic E-state index is 13.6. The number of amides is 2. The minimum absolute atomic E-state index is 0.165. The van der Waals surface area contributed by atoms with Crippen molar-refractivity contribution in [2.75, 3.05) is 49.5 Å². The summed E-state index contributed by atoms with van der Waals surface area (Å²) in [5.41, 5.74) is 3.86. The normalized spacial score (nSPS) is 17.5. The average Bonchev–Trinajstić information content (AvgIpc) is 3.33. The molecule has 0 spiro atoms. The summed E-state index contributed by atoms with van der Waals surface area (Å²) in [7, 11) is -3.56. The maximum absolute atomic E-state index is 13.6. The Kier molecular flexibility index (Phi) is 9.00. The van der Waals surface area contributed by atoms with Crippen molar-refractivity contribution in [2.45, 2.75) is 77.3 Å². The van der Waals surface area contributed by atoms with Gasteiger partial charge in [-0.15, -0.1) is 0 Å². The van der Waals surface area contributed by atoms with Crippen LogP contribution < -0.4 is 10.2 Å². The summed E-state index contributed by atoms with van der Waals surface area (Å²) in [5, 5.41) is 3.95. The SMILES string of the molecule is Cc1ccc(N2CCN(C(=O)OC(C)(C)C)CC2)cc1NC(=O)C(C)n1cc(C)c2cc(S(=O)(=O)N3CCCCC3)ccc21. The van der Waals surface area contributed by atoms with Gasteiger partial charge in [0.05, 0.1) is 4.90 Å². The number of hydrogen-bond acceptors (Lipinski definition) is 6. The first-order valence-corrected chi connectivity index (χ1v) is 16.9. The van der Waals surface area contributed by atoms with Gasteiger partial charge in [-0.25, -0.2) is 13.2 Å². The van der Waals surface area contributed by atoms with E-state index in [-0.39, 0.29) is 12.0 Å². The molecule has 1 atom stereocenters. The molecule has 2 aromatic carbocycles. The fourth-order valence-corrected chi connectivity index (χ4v) is 7.46. The molecule has 0 bridgehead atoms. The number of carbonyl (C=O) groups excluding carboxylic acids is 2. The maximum Gasteiger partial charge on any atom is 0.410 e. The van der Waals surface area contributed by atoms with E-state index in [1.807, 2.05) is 76.6 Å². The molecule has 44 heavy (non-hydrogen) atoms. The van der Waals surface area contributed by atoms with Crippen LogP contribution in [-0.2, 0) is 19.6 Å². The minimum atomic E-state index is -3.56. The number of nitrogens with one attached hydrogen (secondary N) is 1. The molecule has 0 aliphatic carbocycles. The Hall–Kier alpha value is -3.57. The Labute approximate surface area is 261 Å². The summed E-state index contributed by atoms with van der Waals surface area (Å²) in [6.07, 6.45) is 4.45. The van der Waals surface area contributed by atoms with E-state index >= 15 is 0 Å². The number of carbonyl (C=O) groups is 2. The third-order valence-corrected chi connectivity index (χ3v) is 10.4. The fourth-order valence-electron chi connectivity index (χ4n) is 5.92. The number of fused-ring (bicyclic) bond motifs is 1. The van der Waals surface area contributed by atoms with Crippen LogP contribution in [0, 0.1) is 13.8 Å². The first-order chi connectivity index (χ1) is 20.7. The molecule has 238 valence electrons. The summed E-state index contributed by atoms with van der Waals surface area (Å²) in [5.74, 6) is -0.165. The van der Waals surface area contributed by atoms with E-state index in [1.54, 1.807) is 21.3 Å². The van der Waals surface area contributed by atoms with Gasteiger partial charge in [0.2, 0.25) is 15.9 Å². The van der Waals surface area contributed by atoms with Crippen LogP contribution in [0.5, 0.6) is 0 Å².